The molecule has 0 aliphatic rings. The number of carbonyl (C=O) groups excluding carboxylic acids is 1. The van der Waals surface area contributed by atoms with Crippen LogP contribution in [0.5, 0.6) is 0 Å². The molecule has 14 aromatic carbocycles. The Bertz CT molecular complexity index is 8100. The Labute approximate surface area is 833 Å². The minimum atomic E-state index is -4.45. The molecule has 24 nitrogen and oxygen atoms in total. The van der Waals surface area contributed by atoms with Crippen molar-refractivity contribution in [3.63, 3.8) is 0 Å². The smallest absolute Gasteiger partial charge is 0.416 e. The molecule has 4 aromatic heterocycles. The number of carboxylic acids is 1. The van der Waals surface area contributed by atoms with Crippen LogP contribution in [0.3, 0.4) is 0 Å². The Kier molecular flexibility index (Phi) is 31.1. The molecule has 0 bridgehead atoms. The number of aromatic carboxylic acids is 1. The van der Waals surface area contributed by atoms with Crippen LogP contribution in [0.2, 0.25) is 0 Å². The summed E-state index contributed by atoms with van der Waals surface area (Å²) in [5, 5.41) is 33.1. The summed E-state index contributed by atoms with van der Waals surface area (Å²) in [5.74, 6) is 3.66. The van der Waals surface area contributed by atoms with Crippen molar-refractivity contribution in [1.82, 2.24) is 19.9 Å². The van der Waals surface area contributed by atoms with Crippen molar-refractivity contribution >= 4 is 137 Å². The number of sulfonamides is 4. The van der Waals surface area contributed by atoms with E-state index in [0.717, 1.165) is 86.5 Å². The van der Waals surface area contributed by atoms with Gasteiger partial charge in [-0.05, 0) is 170 Å². The van der Waals surface area contributed by atoms with Gasteiger partial charge in [-0.25, -0.2) is 58.4 Å². The molecule has 0 fully saturated rings. The molecule has 0 unspecified atom stereocenters. The minimum Gasteiger partial charge on any atom is -0.478 e. The molecule has 0 saturated carbocycles. The van der Waals surface area contributed by atoms with E-state index < -0.39 is 97.8 Å². The van der Waals surface area contributed by atoms with Gasteiger partial charge in [-0.3, -0.25) is 33.8 Å². The van der Waals surface area contributed by atoms with Crippen molar-refractivity contribution in [2.24, 2.45) is 0 Å². The highest BCUT2D eigenvalue weighted by molar-refractivity contribution is 7.94. The number of alkyl halides is 9. The number of anilines is 6. The first-order valence-corrected chi connectivity index (χ1v) is 51.5. The quantitative estimate of drug-likeness (QED) is 0.00971. The maximum absolute atomic E-state index is 13.3. The predicted octanol–water partition coefficient (Wildman–Crippen LogP) is 26.0. The van der Waals surface area contributed by atoms with Gasteiger partial charge in [0.1, 0.15) is 20.0 Å². The molecular formula is C103H70F9N11O13S8. The van der Waals surface area contributed by atoms with Gasteiger partial charge in [0.05, 0.1) is 70.2 Å². The van der Waals surface area contributed by atoms with Gasteiger partial charge in [-0.15, -0.1) is 45.3 Å². The summed E-state index contributed by atoms with van der Waals surface area (Å²) < 4.78 is 229. The van der Waals surface area contributed by atoms with Crippen LogP contribution in [-0.4, -0.2) is 75.5 Å². The van der Waals surface area contributed by atoms with Crippen molar-refractivity contribution in [2.45, 2.75) is 38.1 Å². The van der Waals surface area contributed by atoms with E-state index in [2.05, 4.69) is 56.0 Å². The van der Waals surface area contributed by atoms with Gasteiger partial charge in [-0.2, -0.15) is 39.5 Å². The molecule has 1 amide bonds. The number of nitrogen functional groups attached to an aromatic ring is 1. The maximum atomic E-state index is 13.3. The van der Waals surface area contributed by atoms with Crippen LogP contribution in [0.1, 0.15) is 48.5 Å². The van der Waals surface area contributed by atoms with E-state index in [0.29, 0.717) is 77.7 Å². The summed E-state index contributed by atoms with van der Waals surface area (Å²) in [5.41, 5.74) is 14.2. The van der Waals surface area contributed by atoms with E-state index >= 15 is 0 Å². The van der Waals surface area contributed by atoms with Crippen LogP contribution < -0.4 is 29.9 Å². The van der Waals surface area contributed by atoms with E-state index in [4.69, 9.17) is 5.73 Å². The Morgan fingerprint density at radius 2 is 0.674 bits per heavy atom. The minimum absolute atomic E-state index is 0.0263. The highest BCUT2D eigenvalue weighted by Crippen LogP contribution is 2.40. The normalized spacial score (nSPS) is 11.6. The lowest BCUT2D eigenvalue weighted by Crippen LogP contribution is -2.16. The number of rotatable bonds is 24. The number of para-hydroxylation sites is 1. The largest absolute Gasteiger partial charge is 0.478 e. The van der Waals surface area contributed by atoms with Crippen LogP contribution >= 0.6 is 45.3 Å². The van der Waals surface area contributed by atoms with Crippen molar-refractivity contribution in [3.8, 4) is 99.2 Å². The fraction of sp³-hybridized carbons (Fsp3) is 0.0291. The van der Waals surface area contributed by atoms with E-state index in [9.17, 15) is 98.0 Å². The fourth-order valence-electron chi connectivity index (χ4n) is 13.6. The van der Waals surface area contributed by atoms with Crippen LogP contribution in [0.4, 0.5) is 79.3 Å². The molecule has 0 radical (unpaired) electrons. The number of carboxylic acid groups (broad SMARTS) is 1. The van der Waals surface area contributed by atoms with Gasteiger partial charge >= 0.3 is 24.5 Å². The lowest BCUT2D eigenvalue weighted by molar-refractivity contribution is -0.387. The van der Waals surface area contributed by atoms with Gasteiger partial charge in [0.2, 0.25) is 0 Å². The van der Waals surface area contributed by atoms with Gasteiger partial charge in [-0.1, -0.05) is 188 Å². The Hall–Kier alpha value is -16.3. The monoisotopic (exact) mass is 2100 g/mol. The standard InChI is InChI=1S/C38H24F6N4O4S4.C23H14F3NO3.C21H15N3O4S2.C21H17N3O2S2/c39-37(40,41)27-12-4-25(5-13-27)35-45-33(21-53-35)23-8-16-29(17-9-23)47-55(49,50)31-2-1-3-32(20-31)56(51,52)48-30-18-10-24(11-19-30)34-22-54-36(46-34)26-6-14-28(15-7-26)38(42,43)44;24-23(25,26)17-5-3-4-16(14-17)9-8-15-10-12-18(13-11-15)27-21(28)19-6-1-2-7-20(19)22(29)30;25-24(26)19-11-4-5-12-20(19)30(27,28)23-17-10-6-9-16(13-17)18-14-29-21(22-18)15-7-2-1-3-8-15;22-17-7-4-8-19(13-17)28(25,26)24-18-11-9-15(10-12-18)20-14-27-21(23-20)16-5-2-1-3-6-16/h1-22,47-48H;1-7,10-14H,(H,27,28)(H,29,30);1-14,23H;1-14,24H,22H2. The molecule has 41 heteroatoms. The summed E-state index contributed by atoms with van der Waals surface area (Å²) in [4.78, 5) is 51.5. The number of halogens is 9. The molecule has 8 N–H and O–H groups in total. The second-order valence-electron chi connectivity index (χ2n) is 30.8. The van der Waals surface area contributed by atoms with E-state index in [1.165, 1.54) is 161 Å². The maximum Gasteiger partial charge on any atom is 0.416 e. The van der Waals surface area contributed by atoms with E-state index in [1.807, 2.05) is 89.6 Å². The highest BCUT2D eigenvalue weighted by Gasteiger charge is 2.34. The van der Waals surface area contributed by atoms with Crippen molar-refractivity contribution in [3.05, 3.63) is 422 Å². The first-order valence-electron chi connectivity index (χ1n) is 42.1. The first-order chi connectivity index (χ1) is 68.6. The molecule has 726 valence electrons. The number of benzene rings is 14. The number of nitrogens with two attached hydrogens (primary N) is 1. The second kappa shape index (κ2) is 43.8. The summed E-state index contributed by atoms with van der Waals surface area (Å²) in [7, 11) is -16.3. The van der Waals surface area contributed by atoms with E-state index in [1.54, 1.807) is 119 Å². The molecule has 0 atom stereocenters. The number of thiazole rings is 4. The number of nitrogens with one attached hydrogen (secondary N) is 5. The zero-order valence-corrected chi connectivity index (χ0v) is 80.2. The van der Waals surface area contributed by atoms with Crippen LogP contribution in [0.25, 0.3) is 87.3 Å². The summed E-state index contributed by atoms with van der Waals surface area (Å²) >= 11 is 5.55. The number of hydrogen-bond acceptors (Lipinski definition) is 21. The molecule has 0 aliphatic heterocycles. The van der Waals surface area contributed by atoms with Gasteiger partial charge in [0.25, 0.3) is 51.7 Å². The van der Waals surface area contributed by atoms with Crippen LogP contribution in [0, 0.1) is 22.0 Å². The zero-order valence-electron chi connectivity index (χ0n) is 73.6. The molecule has 0 spiro atoms. The molecule has 0 aliphatic carbocycles. The number of carbonyl (C=O) groups is 2. The van der Waals surface area contributed by atoms with Crippen molar-refractivity contribution in [2.75, 3.05) is 29.9 Å². The number of nitro groups is 1. The molecule has 4 heterocycles. The van der Waals surface area contributed by atoms with Gasteiger partial charge in [0.15, 0.2) is 4.90 Å². The summed E-state index contributed by atoms with van der Waals surface area (Å²) in [6.07, 6.45) is -13.3. The van der Waals surface area contributed by atoms with E-state index in [-0.39, 0.29) is 47.6 Å². The molecule has 18 aromatic rings. The average molecular weight is 2100 g/mol. The van der Waals surface area contributed by atoms with Gasteiger partial charge in [0, 0.05) is 117 Å². The molecule has 144 heavy (non-hydrogen) atoms. The van der Waals surface area contributed by atoms with Crippen LogP contribution in [0.15, 0.2) is 393 Å². The summed E-state index contributed by atoms with van der Waals surface area (Å²) in [6, 6.07) is 88.5. The zero-order chi connectivity index (χ0) is 102. The Morgan fingerprint density at radius 1 is 0.326 bits per heavy atom. The molecule has 0 saturated heterocycles. The fourth-order valence-corrected chi connectivity index (χ4v) is 21.5. The lowest BCUT2D eigenvalue weighted by atomic mass is 10.1. The van der Waals surface area contributed by atoms with Crippen molar-refractivity contribution in [1.29, 1.82) is 0 Å². The third-order valence-corrected chi connectivity index (χ3v) is 29.8. The second-order valence-corrected chi connectivity index (χ2v) is 40.9. The third kappa shape index (κ3) is 26.3. The number of hydrogen-bond donors (Lipinski definition) is 7. The number of aromatic nitrogens is 4. The number of amides is 1. The summed E-state index contributed by atoms with van der Waals surface area (Å²) in [6.45, 7) is 0. The molecule has 18 rings (SSSR count). The number of nitro benzene ring substituents is 1. The third-order valence-electron chi connectivity index (χ3n) is 20.7. The Balaban J connectivity index is 0.000000152. The Morgan fingerprint density at radius 3 is 1.10 bits per heavy atom. The van der Waals surface area contributed by atoms with Crippen molar-refractivity contribution < 1.29 is 92.8 Å². The van der Waals surface area contributed by atoms with Gasteiger partial charge < -0.3 is 16.2 Å². The molecular weight excluding hydrogens is 2030 g/mol. The first kappa shape index (κ1) is 102. The van der Waals surface area contributed by atoms with Crippen LogP contribution in [-0.2, 0) is 58.6 Å². The number of nitrogens with zero attached hydrogens (tertiary/aromatic N) is 5. The lowest BCUT2D eigenvalue weighted by Gasteiger charge is -2.12. The highest BCUT2D eigenvalue weighted by atomic mass is 32.2. The topological polar surface area (TPSA) is 372 Å². The SMILES string of the molecule is Nc1cccc(S(=O)(=O)Nc2ccc(-c3csc(-c4ccccc4)n3)cc2)c1.O=C(O)c1ccccc1C(=O)Nc1ccc(C#Cc2cccc(C(F)(F)F)c2)cc1.O=S(=O)(Nc1ccc(-c2csc(-c3ccc(C(F)(F)F)cc3)n2)cc1)c1cccc(S(=O)(=O)Nc2ccc(-c3csc(-c4ccc(C(F)(F)F)cc4)n3)cc2)c1.O=[N+]([O-])c1ccccc1S(=O)(=O)Nc1cccc(-c2csc(-c3ccccc3)n2)c1. The average Bonchev–Trinajstić information content (AvgIpc) is 1.10. The predicted molar refractivity (Wildman–Crippen MR) is 541 cm³/mol.